The van der Waals surface area contributed by atoms with Crippen molar-refractivity contribution in [2.24, 2.45) is 5.92 Å². The van der Waals surface area contributed by atoms with Gasteiger partial charge in [0.2, 0.25) is 11.8 Å². The number of nitrogens with zero attached hydrogens (tertiary/aromatic N) is 2. The topological polar surface area (TPSA) is 61.9 Å². The van der Waals surface area contributed by atoms with Crippen molar-refractivity contribution < 1.29 is 14.3 Å². The number of morpholine rings is 1. The maximum atomic E-state index is 12.6. The third kappa shape index (κ3) is 3.65. The number of amides is 2. The van der Waals surface area contributed by atoms with Gasteiger partial charge in [0.25, 0.3) is 0 Å². The maximum Gasteiger partial charge on any atom is 0.229 e. The number of nitrogens with one attached hydrogen (secondary N) is 1. The average molecular weight is 352 g/mol. The zero-order valence-corrected chi connectivity index (χ0v) is 14.5. The third-order valence-electron chi connectivity index (χ3n) is 4.54. The van der Waals surface area contributed by atoms with E-state index < -0.39 is 0 Å². The van der Waals surface area contributed by atoms with Crippen LogP contribution >= 0.6 is 11.6 Å². The van der Waals surface area contributed by atoms with Gasteiger partial charge in [0.05, 0.1) is 30.5 Å². The standard InChI is InChI=1S/C17H22ClN3O3/c1-2-20-11-12(9-16(20)22)17(23)19-14-10-13(18)3-4-15(14)21-5-7-24-8-6-21/h3-4,10,12H,2,5-9,11H2,1H3,(H,19,23). The second-order valence-corrected chi connectivity index (χ2v) is 6.52. The first-order valence-corrected chi connectivity index (χ1v) is 8.67. The van der Waals surface area contributed by atoms with E-state index in [9.17, 15) is 9.59 Å². The van der Waals surface area contributed by atoms with Gasteiger partial charge >= 0.3 is 0 Å². The minimum Gasteiger partial charge on any atom is -0.378 e. The van der Waals surface area contributed by atoms with Crippen molar-refractivity contribution >= 4 is 34.8 Å². The van der Waals surface area contributed by atoms with E-state index in [1.54, 1.807) is 11.0 Å². The van der Waals surface area contributed by atoms with Gasteiger partial charge in [0.1, 0.15) is 0 Å². The van der Waals surface area contributed by atoms with Crippen LogP contribution in [0.2, 0.25) is 5.02 Å². The van der Waals surface area contributed by atoms with Crippen LogP contribution in [0.25, 0.3) is 0 Å². The molecule has 1 unspecified atom stereocenters. The molecule has 2 saturated heterocycles. The lowest BCUT2D eigenvalue weighted by atomic mass is 10.1. The molecule has 7 heteroatoms. The lowest BCUT2D eigenvalue weighted by Gasteiger charge is -2.30. The molecule has 1 N–H and O–H groups in total. The minimum absolute atomic E-state index is 0.0390. The predicted octanol–water partition coefficient (Wildman–Crippen LogP) is 1.98. The Morgan fingerprint density at radius 3 is 2.79 bits per heavy atom. The summed E-state index contributed by atoms with van der Waals surface area (Å²) in [5.74, 6) is -0.401. The maximum absolute atomic E-state index is 12.6. The van der Waals surface area contributed by atoms with E-state index in [1.807, 2.05) is 19.1 Å². The van der Waals surface area contributed by atoms with E-state index in [-0.39, 0.29) is 24.2 Å². The van der Waals surface area contributed by atoms with Gasteiger partial charge in [-0.2, -0.15) is 0 Å². The fourth-order valence-electron chi connectivity index (χ4n) is 3.18. The van der Waals surface area contributed by atoms with Crippen molar-refractivity contribution in [3.63, 3.8) is 0 Å². The summed E-state index contributed by atoms with van der Waals surface area (Å²) in [6.45, 7) is 5.92. The Morgan fingerprint density at radius 1 is 1.38 bits per heavy atom. The molecule has 0 spiro atoms. The number of hydrogen-bond acceptors (Lipinski definition) is 4. The summed E-state index contributed by atoms with van der Waals surface area (Å²) in [7, 11) is 0. The first kappa shape index (κ1) is 17.0. The number of carbonyl (C=O) groups excluding carboxylic acids is 2. The highest BCUT2D eigenvalue weighted by molar-refractivity contribution is 6.31. The number of anilines is 2. The van der Waals surface area contributed by atoms with Crippen LogP contribution in [0.15, 0.2) is 18.2 Å². The number of carbonyl (C=O) groups is 2. The van der Waals surface area contributed by atoms with Crippen LogP contribution in [-0.2, 0) is 14.3 Å². The van der Waals surface area contributed by atoms with Crippen molar-refractivity contribution in [3.8, 4) is 0 Å². The molecule has 0 aliphatic carbocycles. The molecule has 3 rings (SSSR count). The lowest BCUT2D eigenvalue weighted by Crippen LogP contribution is -2.37. The molecular formula is C17H22ClN3O3. The summed E-state index contributed by atoms with van der Waals surface area (Å²) < 4.78 is 5.39. The predicted molar refractivity (Wildman–Crippen MR) is 93.5 cm³/mol. The molecule has 0 radical (unpaired) electrons. The van der Waals surface area contributed by atoms with Crippen LogP contribution in [0, 0.1) is 5.92 Å². The van der Waals surface area contributed by atoms with Gasteiger partial charge in [-0.05, 0) is 25.1 Å². The molecule has 1 atom stereocenters. The fraction of sp³-hybridized carbons (Fsp3) is 0.529. The Labute approximate surface area is 146 Å². The molecule has 2 aliphatic rings. The summed E-state index contributed by atoms with van der Waals surface area (Å²) in [5.41, 5.74) is 1.63. The second kappa shape index (κ2) is 7.40. The van der Waals surface area contributed by atoms with E-state index in [4.69, 9.17) is 16.3 Å². The van der Waals surface area contributed by atoms with Crippen LogP contribution in [0.4, 0.5) is 11.4 Å². The molecule has 24 heavy (non-hydrogen) atoms. The highest BCUT2D eigenvalue weighted by atomic mass is 35.5. The van der Waals surface area contributed by atoms with Gasteiger partial charge in [0, 0.05) is 37.6 Å². The fourth-order valence-corrected chi connectivity index (χ4v) is 3.35. The molecule has 0 saturated carbocycles. The summed E-state index contributed by atoms with van der Waals surface area (Å²) >= 11 is 6.11. The SMILES string of the molecule is CCN1CC(C(=O)Nc2cc(Cl)ccc2N2CCOCC2)CC1=O. The van der Waals surface area contributed by atoms with Crippen molar-refractivity contribution in [3.05, 3.63) is 23.2 Å². The first-order valence-electron chi connectivity index (χ1n) is 8.29. The second-order valence-electron chi connectivity index (χ2n) is 6.08. The van der Waals surface area contributed by atoms with Gasteiger partial charge in [-0.25, -0.2) is 0 Å². The van der Waals surface area contributed by atoms with Crippen LogP contribution in [0.3, 0.4) is 0 Å². The smallest absolute Gasteiger partial charge is 0.229 e. The van der Waals surface area contributed by atoms with E-state index in [0.717, 1.165) is 18.8 Å². The van der Waals surface area contributed by atoms with E-state index in [0.29, 0.717) is 37.0 Å². The molecule has 1 aromatic rings. The van der Waals surface area contributed by atoms with Gasteiger partial charge < -0.3 is 19.9 Å². The van der Waals surface area contributed by atoms with Crippen LogP contribution < -0.4 is 10.2 Å². The Bertz CT molecular complexity index is 632. The van der Waals surface area contributed by atoms with Crippen molar-refractivity contribution in [2.75, 3.05) is 49.6 Å². The van der Waals surface area contributed by atoms with Gasteiger partial charge in [0.15, 0.2) is 0 Å². The molecule has 2 aliphatic heterocycles. The molecule has 0 bridgehead atoms. The third-order valence-corrected chi connectivity index (χ3v) is 4.77. The zero-order chi connectivity index (χ0) is 17.1. The van der Waals surface area contributed by atoms with Crippen molar-refractivity contribution in [1.82, 2.24) is 4.90 Å². The normalized spacial score (nSPS) is 21.2. The van der Waals surface area contributed by atoms with Crippen molar-refractivity contribution in [2.45, 2.75) is 13.3 Å². The number of hydrogen-bond donors (Lipinski definition) is 1. The molecule has 130 valence electrons. The summed E-state index contributed by atoms with van der Waals surface area (Å²) in [4.78, 5) is 28.3. The van der Waals surface area contributed by atoms with E-state index in [2.05, 4.69) is 10.2 Å². The van der Waals surface area contributed by atoms with Crippen LogP contribution in [-0.4, -0.2) is 56.1 Å². The molecule has 1 aromatic carbocycles. The number of rotatable bonds is 4. The highest BCUT2D eigenvalue weighted by Gasteiger charge is 2.33. The molecule has 6 nitrogen and oxygen atoms in total. The summed E-state index contributed by atoms with van der Waals surface area (Å²) in [6.07, 6.45) is 0.271. The number of benzene rings is 1. The monoisotopic (exact) mass is 351 g/mol. The average Bonchev–Trinajstić information content (AvgIpc) is 2.97. The molecule has 0 aromatic heterocycles. The largest absolute Gasteiger partial charge is 0.378 e. The Hall–Kier alpha value is -1.79. The van der Waals surface area contributed by atoms with Crippen LogP contribution in [0.5, 0.6) is 0 Å². The number of ether oxygens (including phenoxy) is 1. The Kier molecular flexibility index (Phi) is 5.26. The molecule has 2 heterocycles. The summed E-state index contributed by atoms with van der Waals surface area (Å²) in [5, 5.41) is 3.54. The molecular weight excluding hydrogens is 330 g/mol. The van der Waals surface area contributed by atoms with Gasteiger partial charge in [-0.15, -0.1) is 0 Å². The molecule has 2 amide bonds. The zero-order valence-electron chi connectivity index (χ0n) is 13.8. The number of halogens is 1. The van der Waals surface area contributed by atoms with Gasteiger partial charge in [-0.1, -0.05) is 11.6 Å². The minimum atomic E-state index is -0.311. The Morgan fingerprint density at radius 2 is 2.12 bits per heavy atom. The quantitative estimate of drug-likeness (QED) is 0.901. The van der Waals surface area contributed by atoms with Crippen molar-refractivity contribution in [1.29, 1.82) is 0 Å². The lowest BCUT2D eigenvalue weighted by molar-refractivity contribution is -0.128. The van der Waals surface area contributed by atoms with Gasteiger partial charge in [-0.3, -0.25) is 9.59 Å². The van der Waals surface area contributed by atoms with E-state index >= 15 is 0 Å². The molecule has 2 fully saturated rings. The summed E-state index contributed by atoms with van der Waals surface area (Å²) in [6, 6.07) is 5.50. The Balaban J connectivity index is 1.75. The van der Waals surface area contributed by atoms with E-state index in [1.165, 1.54) is 0 Å². The first-order chi connectivity index (χ1) is 11.6. The van der Waals surface area contributed by atoms with Crippen LogP contribution in [0.1, 0.15) is 13.3 Å². The number of likely N-dealkylation sites (tertiary alicyclic amines) is 1. The highest BCUT2D eigenvalue weighted by Crippen LogP contribution is 2.31.